The molecule has 0 aromatic heterocycles. The minimum Gasteiger partial charge on any atom is -0.0780 e. The molecule has 0 spiro atoms. The first-order chi connectivity index (χ1) is 3.79. The van der Waals surface area contributed by atoms with Crippen molar-refractivity contribution in [1.82, 2.24) is 0 Å². The number of allylic oxidation sites excluding steroid dienone is 2. The molecule has 0 nitrogen and oxygen atoms in total. The van der Waals surface area contributed by atoms with Gasteiger partial charge in [0.1, 0.15) is 0 Å². The third-order valence-corrected chi connectivity index (χ3v) is 3.14. The summed E-state index contributed by atoms with van der Waals surface area (Å²) in [4.78, 5) is 0. The molecule has 0 N–H and O–H groups in total. The van der Waals surface area contributed by atoms with Gasteiger partial charge in [0, 0.05) is 3.92 Å². The summed E-state index contributed by atoms with van der Waals surface area (Å²) < 4.78 is 2.36. The molecule has 0 amide bonds. The molecule has 0 aromatic rings. The molecule has 1 aliphatic rings. The Morgan fingerprint density at radius 1 is 1.62 bits per heavy atom. The number of rotatable bonds is 0. The molecule has 0 aromatic carbocycles. The molecule has 0 aliphatic heterocycles. The number of hydrogen-bond donors (Lipinski definition) is 0. The second kappa shape index (κ2) is 3.39. The summed E-state index contributed by atoms with van der Waals surface area (Å²) >= 11 is 4.92. The molecule has 0 saturated carbocycles. The first kappa shape index (κ1) is 7.31. The van der Waals surface area contributed by atoms with E-state index >= 15 is 0 Å². The van der Waals surface area contributed by atoms with Crippen LogP contribution in [0.1, 0.15) is 19.3 Å². The molecule has 0 saturated heterocycles. The van der Waals surface area contributed by atoms with E-state index in [0.29, 0.717) is 0 Å². The average molecular weight is 334 g/mol. The van der Waals surface area contributed by atoms with E-state index in [1.807, 2.05) is 0 Å². The summed E-state index contributed by atoms with van der Waals surface area (Å²) in [6.07, 6.45) is 6.46. The van der Waals surface area contributed by atoms with Crippen LogP contribution in [0.25, 0.3) is 0 Å². The molecule has 0 fully saturated rings. The van der Waals surface area contributed by atoms with E-state index in [2.05, 4.69) is 51.3 Å². The van der Waals surface area contributed by atoms with Gasteiger partial charge >= 0.3 is 0 Å². The molecular formula is C6H8I2. The van der Waals surface area contributed by atoms with Gasteiger partial charge in [0.05, 0.1) is 0 Å². The quantitative estimate of drug-likeness (QED) is 0.471. The number of alkyl halides is 1. The fourth-order valence-electron chi connectivity index (χ4n) is 0.829. The highest BCUT2D eigenvalue weighted by Crippen LogP contribution is 2.26. The van der Waals surface area contributed by atoms with Crippen LogP contribution in [0.3, 0.4) is 0 Å². The second-order valence-electron chi connectivity index (χ2n) is 2.02. The number of hydrogen-bond acceptors (Lipinski definition) is 0. The van der Waals surface area contributed by atoms with Crippen molar-refractivity contribution in [2.75, 3.05) is 0 Å². The Morgan fingerprint density at radius 2 is 2.38 bits per heavy atom. The minimum atomic E-state index is 0.813. The van der Waals surface area contributed by atoms with E-state index in [0.717, 1.165) is 3.92 Å². The molecular weight excluding hydrogens is 326 g/mol. The lowest BCUT2D eigenvalue weighted by Crippen LogP contribution is -1.98. The van der Waals surface area contributed by atoms with Gasteiger partial charge in [0.2, 0.25) is 0 Å². The molecule has 0 heterocycles. The van der Waals surface area contributed by atoms with Crippen molar-refractivity contribution >= 4 is 45.2 Å². The van der Waals surface area contributed by atoms with Crippen LogP contribution in [-0.4, -0.2) is 3.92 Å². The monoisotopic (exact) mass is 334 g/mol. The highest BCUT2D eigenvalue weighted by Gasteiger charge is 2.06. The van der Waals surface area contributed by atoms with Gasteiger partial charge in [-0.15, -0.1) is 0 Å². The summed E-state index contributed by atoms with van der Waals surface area (Å²) in [5, 5.41) is 0. The Kier molecular flexibility index (Phi) is 3.10. The van der Waals surface area contributed by atoms with E-state index in [1.54, 1.807) is 3.58 Å². The molecule has 1 unspecified atom stereocenters. The minimum absolute atomic E-state index is 0.813. The molecule has 1 rings (SSSR count). The van der Waals surface area contributed by atoms with Gasteiger partial charge in [0.15, 0.2) is 0 Å². The first-order valence-electron chi connectivity index (χ1n) is 2.79. The van der Waals surface area contributed by atoms with Crippen molar-refractivity contribution in [3.63, 3.8) is 0 Å². The van der Waals surface area contributed by atoms with Gasteiger partial charge in [-0.25, -0.2) is 0 Å². The second-order valence-corrected chi connectivity index (χ2v) is 5.01. The predicted molar refractivity (Wildman–Crippen MR) is 53.8 cm³/mol. The SMILES string of the molecule is IC1=CC(I)CCC1. The summed E-state index contributed by atoms with van der Waals surface area (Å²) in [6, 6.07) is 0. The van der Waals surface area contributed by atoms with E-state index in [-0.39, 0.29) is 0 Å². The summed E-state index contributed by atoms with van der Waals surface area (Å²) in [5.41, 5.74) is 0. The Morgan fingerprint density at radius 3 is 2.75 bits per heavy atom. The van der Waals surface area contributed by atoms with Gasteiger partial charge in [-0.3, -0.25) is 0 Å². The van der Waals surface area contributed by atoms with Crippen molar-refractivity contribution in [2.24, 2.45) is 0 Å². The topological polar surface area (TPSA) is 0 Å². The maximum atomic E-state index is 2.49. The standard InChI is InChI=1S/C6H8I2/c7-5-2-1-3-6(8)4-5/h4-5H,1-3H2. The van der Waals surface area contributed by atoms with Crippen molar-refractivity contribution in [3.8, 4) is 0 Å². The van der Waals surface area contributed by atoms with E-state index in [4.69, 9.17) is 0 Å². The zero-order chi connectivity index (χ0) is 5.98. The highest BCUT2D eigenvalue weighted by atomic mass is 127. The van der Waals surface area contributed by atoms with Crippen LogP contribution in [0, 0.1) is 0 Å². The third kappa shape index (κ3) is 2.21. The summed E-state index contributed by atoms with van der Waals surface area (Å²) in [5.74, 6) is 0. The highest BCUT2D eigenvalue weighted by molar-refractivity contribution is 14.1. The fourth-order valence-corrected chi connectivity index (χ4v) is 3.21. The van der Waals surface area contributed by atoms with Gasteiger partial charge in [-0.1, -0.05) is 28.7 Å². The van der Waals surface area contributed by atoms with Gasteiger partial charge in [-0.2, -0.15) is 0 Å². The Balaban J connectivity index is 2.50. The van der Waals surface area contributed by atoms with Crippen LogP contribution in [0.4, 0.5) is 0 Å². The van der Waals surface area contributed by atoms with Gasteiger partial charge in [0.25, 0.3) is 0 Å². The van der Waals surface area contributed by atoms with E-state index < -0.39 is 0 Å². The van der Waals surface area contributed by atoms with Gasteiger partial charge < -0.3 is 0 Å². The van der Waals surface area contributed by atoms with Crippen LogP contribution >= 0.6 is 45.2 Å². The third-order valence-electron chi connectivity index (χ3n) is 1.26. The lowest BCUT2D eigenvalue weighted by Gasteiger charge is -2.11. The Hall–Kier alpha value is 1.20. The Labute approximate surface area is 77.4 Å². The van der Waals surface area contributed by atoms with Crippen LogP contribution in [0.15, 0.2) is 9.66 Å². The smallest absolute Gasteiger partial charge is 0.0299 e. The van der Waals surface area contributed by atoms with Crippen LogP contribution in [0.2, 0.25) is 0 Å². The van der Waals surface area contributed by atoms with E-state index in [9.17, 15) is 0 Å². The zero-order valence-corrected chi connectivity index (χ0v) is 8.85. The normalized spacial score (nSPS) is 29.8. The van der Waals surface area contributed by atoms with Crippen LogP contribution in [0.5, 0.6) is 0 Å². The largest absolute Gasteiger partial charge is 0.0780 e. The summed E-state index contributed by atoms with van der Waals surface area (Å²) in [7, 11) is 0. The van der Waals surface area contributed by atoms with Crippen LogP contribution in [-0.2, 0) is 0 Å². The van der Waals surface area contributed by atoms with Crippen molar-refractivity contribution in [2.45, 2.75) is 23.2 Å². The predicted octanol–water partition coefficient (Wildman–Crippen LogP) is 3.29. The fraction of sp³-hybridized carbons (Fsp3) is 0.667. The van der Waals surface area contributed by atoms with Crippen molar-refractivity contribution < 1.29 is 0 Å². The average Bonchev–Trinajstić information content (AvgIpc) is 1.64. The van der Waals surface area contributed by atoms with Crippen molar-refractivity contribution in [3.05, 3.63) is 9.66 Å². The van der Waals surface area contributed by atoms with Crippen molar-refractivity contribution in [1.29, 1.82) is 0 Å². The van der Waals surface area contributed by atoms with Gasteiger partial charge in [-0.05, 0) is 45.4 Å². The molecule has 1 aliphatic carbocycles. The van der Waals surface area contributed by atoms with E-state index in [1.165, 1.54) is 19.3 Å². The lowest BCUT2D eigenvalue weighted by atomic mass is 10.1. The molecule has 8 heavy (non-hydrogen) atoms. The zero-order valence-electron chi connectivity index (χ0n) is 4.53. The Bertz CT molecular complexity index is 107. The molecule has 46 valence electrons. The van der Waals surface area contributed by atoms with Crippen LogP contribution < -0.4 is 0 Å². The maximum Gasteiger partial charge on any atom is 0.0299 e. The maximum absolute atomic E-state index is 2.49. The molecule has 0 bridgehead atoms. The summed E-state index contributed by atoms with van der Waals surface area (Å²) in [6.45, 7) is 0. The molecule has 2 heteroatoms. The molecule has 0 radical (unpaired) electrons. The molecule has 1 atom stereocenters. The lowest BCUT2D eigenvalue weighted by molar-refractivity contribution is 0.751. The first-order valence-corrected chi connectivity index (χ1v) is 5.12. The number of halogens is 2.